The van der Waals surface area contributed by atoms with Crippen LogP contribution in [0.4, 0.5) is 10.7 Å². The third kappa shape index (κ3) is 4.28. The van der Waals surface area contributed by atoms with Crippen LogP contribution in [0.2, 0.25) is 5.02 Å². The molecule has 1 aliphatic carbocycles. The van der Waals surface area contributed by atoms with Gasteiger partial charge in [-0.05, 0) is 42.2 Å². The number of hydrogen-bond acceptors (Lipinski definition) is 5. The van der Waals surface area contributed by atoms with E-state index in [1.807, 2.05) is 0 Å². The van der Waals surface area contributed by atoms with Gasteiger partial charge in [0.1, 0.15) is 5.00 Å². The van der Waals surface area contributed by atoms with E-state index in [4.69, 9.17) is 17.3 Å². The number of amides is 2. The molecule has 0 radical (unpaired) electrons. The number of rotatable bonds is 4. The summed E-state index contributed by atoms with van der Waals surface area (Å²) in [6.07, 6.45) is 2.52. The van der Waals surface area contributed by atoms with Crippen LogP contribution in [-0.4, -0.2) is 16.7 Å². The average molecular weight is 436 g/mol. The van der Waals surface area contributed by atoms with Crippen LogP contribution in [0.25, 0.3) is 0 Å². The Kier molecular flexibility index (Phi) is 5.69. The maximum absolute atomic E-state index is 12.7. The lowest BCUT2D eigenvalue weighted by atomic mass is 9.72. The van der Waals surface area contributed by atoms with Gasteiger partial charge in [0.2, 0.25) is 0 Å². The maximum atomic E-state index is 12.7. The molecule has 0 unspecified atom stereocenters. The van der Waals surface area contributed by atoms with Gasteiger partial charge >= 0.3 is 0 Å². The van der Waals surface area contributed by atoms with Gasteiger partial charge in [0, 0.05) is 17.0 Å². The van der Waals surface area contributed by atoms with Gasteiger partial charge in [0.15, 0.2) is 0 Å². The number of nitrogens with one attached hydrogen (secondary N) is 1. The molecular weight excluding hydrogens is 414 g/mol. The number of carbonyl (C=O) groups is 2. The van der Waals surface area contributed by atoms with Crippen molar-refractivity contribution in [1.82, 2.24) is 0 Å². The normalized spacial score (nSPS) is 16.2. The van der Waals surface area contributed by atoms with Crippen LogP contribution < -0.4 is 11.1 Å². The fourth-order valence-electron chi connectivity index (χ4n) is 3.65. The Bertz CT molecular complexity index is 1010. The summed E-state index contributed by atoms with van der Waals surface area (Å²) in [5, 5.41) is 13.9. The van der Waals surface area contributed by atoms with Gasteiger partial charge in [-0.2, -0.15) is 0 Å². The van der Waals surface area contributed by atoms with Crippen molar-refractivity contribution in [2.24, 2.45) is 17.1 Å². The molecule has 154 valence electrons. The fraction of sp³-hybridized carbons (Fsp3) is 0.400. The van der Waals surface area contributed by atoms with Crippen molar-refractivity contribution in [3.63, 3.8) is 0 Å². The van der Waals surface area contributed by atoms with Crippen LogP contribution in [-0.2, 0) is 12.8 Å². The first kappa shape index (κ1) is 21.3. The number of benzene rings is 1. The van der Waals surface area contributed by atoms with Crippen molar-refractivity contribution in [3.05, 3.63) is 54.9 Å². The molecule has 0 fully saturated rings. The molecule has 0 saturated carbocycles. The fourth-order valence-corrected chi connectivity index (χ4v) is 5.23. The van der Waals surface area contributed by atoms with Gasteiger partial charge in [0.05, 0.1) is 21.1 Å². The van der Waals surface area contributed by atoms with Crippen LogP contribution in [0.1, 0.15) is 58.3 Å². The van der Waals surface area contributed by atoms with E-state index in [-0.39, 0.29) is 21.7 Å². The predicted octanol–water partition coefficient (Wildman–Crippen LogP) is 4.81. The highest BCUT2D eigenvalue weighted by atomic mass is 35.5. The number of carbonyl (C=O) groups excluding carboxylic acids is 2. The van der Waals surface area contributed by atoms with E-state index in [0.29, 0.717) is 16.5 Å². The van der Waals surface area contributed by atoms with Crippen LogP contribution >= 0.6 is 22.9 Å². The number of non-ortho nitro benzene ring substituents is 1. The van der Waals surface area contributed by atoms with Gasteiger partial charge in [-0.1, -0.05) is 32.4 Å². The molecular formula is C20H22ClN3O4S. The molecule has 29 heavy (non-hydrogen) atoms. The molecule has 1 atom stereocenters. The van der Waals surface area contributed by atoms with Gasteiger partial charge in [-0.3, -0.25) is 19.7 Å². The highest BCUT2D eigenvalue weighted by Crippen LogP contribution is 2.44. The first-order chi connectivity index (χ1) is 13.5. The minimum Gasteiger partial charge on any atom is -0.365 e. The maximum Gasteiger partial charge on any atom is 0.270 e. The minimum atomic E-state index is -0.586. The average Bonchev–Trinajstić information content (AvgIpc) is 2.97. The first-order valence-electron chi connectivity index (χ1n) is 9.18. The van der Waals surface area contributed by atoms with Crippen molar-refractivity contribution < 1.29 is 14.5 Å². The summed E-state index contributed by atoms with van der Waals surface area (Å²) in [4.78, 5) is 36.2. The second-order valence-electron chi connectivity index (χ2n) is 8.25. The standard InChI is InChI=1S/C20H22ClN3O4S/c1-20(2,3)10-4-6-13-15(8-10)29-19(16(13)17(22)25)23-18(26)12-7-5-11(24(27)28)9-14(12)21/h5,7,9-10H,4,6,8H2,1-3H3,(H2,22,25)(H,23,26)/t10-/m0/s1. The molecule has 1 aromatic carbocycles. The second-order valence-corrected chi connectivity index (χ2v) is 9.77. The number of anilines is 1. The molecule has 0 saturated heterocycles. The van der Waals surface area contributed by atoms with E-state index in [1.54, 1.807) is 0 Å². The smallest absolute Gasteiger partial charge is 0.270 e. The van der Waals surface area contributed by atoms with Crippen LogP contribution in [0.15, 0.2) is 18.2 Å². The topological polar surface area (TPSA) is 115 Å². The van der Waals surface area contributed by atoms with E-state index in [9.17, 15) is 19.7 Å². The highest BCUT2D eigenvalue weighted by Gasteiger charge is 2.33. The number of nitro benzene ring substituents is 1. The number of nitrogens with two attached hydrogens (primary N) is 1. The quantitative estimate of drug-likeness (QED) is 0.529. The van der Waals surface area contributed by atoms with E-state index in [2.05, 4.69) is 26.1 Å². The zero-order valence-electron chi connectivity index (χ0n) is 16.4. The van der Waals surface area contributed by atoms with Crippen LogP contribution in [0.3, 0.4) is 0 Å². The van der Waals surface area contributed by atoms with Gasteiger partial charge < -0.3 is 11.1 Å². The molecule has 1 heterocycles. The number of primary amides is 1. The molecule has 2 aromatic rings. The zero-order valence-corrected chi connectivity index (χ0v) is 17.9. The van der Waals surface area contributed by atoms with E-state index >= 15 is 0 Å². The van der Waals surface area contributed by atoms with Crippen LogP contribution in [0, 0.1) is 21.4 Å². The molecule has 2 amide bonds. The Morgan fingerprint density at radius 1 is 1.34 bits per heavy atom. The molecule has 0 spiro atoms. The van der Waals surface area contributed by atoms with Crippen molar-refractivity contribution in [2.75, 3.05) is 5.32 Å². The summed E-state index contributed by atoms with van der Waals surface area (Å²) < 4.78 is 0. The van der Waals surface area contributed by atoms with Crippen molar-refractivity contribution in [1.29, 1.82) is 0 Å². The Morgan fingerprint density at radius 3 is 2.59 bits per heavy atom. The number of hydrogen-bond donors (Lipinski definition) is 2. The molecule has 3 rings (SSSR count). The summed E-state index contributed by atoms with van der Waals surface area (Å²) >= 11 is 7.42. The van der Waals surface area contributed by atoms with Gasteiger partial charge in [-0.25, -0.2) is 0 Å². The number of halogens is 1. The summed E-state index contributed by atoms with van der Waals surface area (Å²) in [5.74, 6) is -0.651. The molecule has 0 aliphatic heterocycles. The number of fused-ring (bicyclic) bond motifs is 1. The predicted molar refractivity (Wildman–Crippen MR) is 114 cm³/mol. The monoisotopic (exact) mass is 435 g/mol. The molecule has 1 aromatic heterocycles. The third-order valence-corrected chi connectivity index (χ3v) is 6.85. The molecule has 1 aliphatic rings. The van der Waals surface area contributed by atoms with Crippen molar-refractivity contribution >= 4 is 45.4 Å². The van der Waals surface area contributed by atoms with Gasteiger partial charge in [-0.15, -0.1) is 11.3 Å². The van der Waals surface area contributed by atoms with E-state index in [0.717, 1.165) is 35.8 Å². The third-order valence-electron chi connectivity index (χ3n) is 5.37. The zero-order chi connectivity index (χ0) is 21.5. The van der Waals surface area contributed by atoms with Crippen molar-refractivity contribution in [2.45, 2.75) is 40.0 Å². The Hall–Kier alpha value is -2.45. The number of nitrogens with zero attached hydrogens (tertiary/aromatic N) is 1. The Labute approximate surface area is 177 Å². The lowest BCUT2D eigenvalue weighted by Gasteiger charge is -2.33. The molecule has 7 nitrogen and oxygen atoms in total. The van der Waals surface area contributed by atoms with E-state index < -0.39 is 16.7 Å². The molecule has 0 bridgehead atoms. The first-order valence-corrected chi connectivity index (χ1v) is 10.4. The molecule has 3 N–H and O–H groups in total. The highest BCUT2D eigenvalue weighted by molar-refractivity contribution is 7.17. The van der Waals surface area contributed by atoms with E-state index in [1.165, 1.54) is 23.5 Å². The summed E-state index contributed by atoms with van der Waals surface area (Å²) in [7, 11) is 0. The summed E-state index contributed by atoms with van der Waals surface area (Å²) in [6.45, 7) is 6.60. The minimum absolute atomic E-state index is 0.0357. The van der Waals surface area contributed by atoms with Crippen LogP contribution in [0.5, 0.6) is 0 Å². The Balaban J connectivity index is 1.92. The van der Waals surface area contributed by atoms with Gasteiger partial charge in [0.25, 0.3) is 17.5 Å². The lowest BCUT2D eigenvalue weighted by Crippen LogP contribution is -2.27. The Morgan fingerprint density at radius 2 is 2.03 bits per heavy atom. The number of nitro groups is 1. The largest absolute Gasteiger partial charge is 0.365 e. The number of thiophene rings is 1. The van der Waals surface area contributed by atoms with Crippen molar-refractivity contribution in [3.8, 4) is 0 Å². The lowest BCUT2D eigenvalue weighted by molar-refractivity contribution is -0.384. The SMILES string of the molecule is CC(C)(C)[C@H]1CCc2c(sc(NC(=O)c3ccc([N+](=O)[O-])cc3Cl)c2C(N)=O)C1. The second kappa shape index (κ2) is 7.76. The summed E-state index contributed by atoms with van der Waals surface area (Å²) in [6, 6.07) is 3.63. The molecule has 9 heteroatoms. The summed E-state index contributed by atoms with van der Waals surface area (Å²) in [5.41, 5.74) is 6.91.